The number of benzene rings is 1. The summed E-state index contributed by atoms with van der Waals surface area (Å²) in [7, 11) is 0. The number of ether oxygens (including phenoxy) is 1. The van der Waals surface area contributed by atoms with E-state index in [4.69, 9.17) is 4.74 Å². The van der Waals surface area contributed by atoms with Gasteiger partial charge in [-0.1, -0.05) is 0 Å². The van der Waals surface area contributed by atoms with Crippen LogP contribution in [0.15, 0.2) is 30.6 Å². The van der Waals surface area contributed by atoms with Crippen LogP contribution in [0.2, 0.25) is 0 Å². The van der Waals surface area contributed by atoms with Gasteiger partial charge in [-0.25, -0.2) is 4.68 Å². The minimum atomic E-state index is 0.501. The van der Waals surface area contributed by atoms with Crippen LogP contribution in [-0.2, 0) is 4.74 Å². The molecule has 0 radical (unpaired) electrons. The van der Waals surface area contributed by atoms with Gasteiger partial charge in [0, 0.05) is 24.9 Å². The molecule has 100 valence electrons. The standard InChI is InChI=1S/C13H17N5O/c1-2-11(7-9-19-8-1)15-12-3-5-13(6-4-12)18-10-14-16-17-18/h3-6,10-11,15H,1-2,7-9H2. The molecule has 1 aromatic carbocycles. The van der Waals surface area contributed by atoms with E-state index in [0.717, 1.165) is 43.9 Å². The van der Waals surface area contributed by atoms with E-state index in [1.54, 1.807) is 11.0 Å². The number of nitrogens with one attached hydrogen (secondary N) is 1. The summed E-state index contributed by atoms with van der Waals surface area (Å²) in [4.78, 5) is 0. The van der Waals surface area contributed by atoms with Crippen molar-refractivity contribution in [1.29, 1.82) is 0 Å². The van der Waals surface area contributed by atoms with Crippen LogP contribution in [0.5, 0.6) is 0 Å². The third-order valence-corrected chi connectivity index (χ3v) is 3.30. The van der Waals surface area contributed by atoms with Gasteiger partial charge >= 0.3 is 0 Å². The zero-order chi connectivity index (χ0) is 12.9. The van der Waals surface area contributed by atoms with Crippen LogP contribution < -0.4 is 5.32 Å². The van der Waals surface area contributed by atoms with Crippen LogP contribution in [-0.4, -0.2) is 39.5 Å². The van der Waals surface area contributed by atoms with Crippen LogP contribution in [0.3, 0.4) is 0 Å². The molecule has 0 spiro atoms. The molecule has 2 heterocycles. The third kappa shape index (κ3) is 3.08. The fourth-order valence-corrected chi connectivity index (χ4v) is 2.27. The molecule has 1 fully saturated rings. The molecular weight excluding hydrogens is 242 g/mol. The van der Waals surface area contributed by atoms with Gasteiger partial charge in [0.15, 0.2) is 0 Å². The van der Waals surface area contributed by atoms with Gasteiger partial charge in [-0.2, -0.15) is 0 Å². The molecule has 1 atom stereocenters. The van der Waals surface area contributed by atoms with Crippen LogP contribution in [0.1, 0.15) is 19.3 Å². The summed E-state index contributed by atoms with van der Waals surface area (Å²) in [6.07, 6.45) is 4.94. The van der Waals surface area contributed by atoms with E-state index in [1.807, 2.05) is 12.1 Å². The molecule has 6 heteroatoms. The van der Waals surface area contributed by atoms with E-state index in [0.29, 0.717) is 6.04 Å². The molecule has 3 rings (SSSR count). The zero-order valence-corrected chi connectivity index (χ0v) is 10.7. The molecule has 0 amide bonds. The van der Waals surface area contributed by atoms with E-state index in [2.05, 4.69) is 33.0 Å². The molecule has 1 saturated heterocycles. The van der Waals surface area contributed by atoms with Gasteiger partial charge in [0.1, 0.15) is 6.33 Å². The van der Waals surface area contributed by atoms with Crippen LogP contribution in [0.25, 0.3) is 5.69 Å². The minimum Gasteiger partial charge on any atom is -0.382 e. The predicted molar refractivity (Wildman–Crippen MR) is 71.2 cm³/mol. The first-order valence-corrected chi connectivity index (χ1v) is 6.59. The van der Waals surface area contributed by atoms with Gasteiger partial charge in [-0.05, 0) is 54.0 Å². The fourth-order valence-electron chi connectivity index (χ4n) is 2.27. The second kappa shape index (κ2) is 5.79. The molecule has 1 N–H and O–H groups in total. The molecular formula is C13H17N5O. The lowest BCUT2D eigenvalue weighted by Crippen LogP contribution is -2.19. The van der Waals surface area contributed by atoms with Crippen LogP contribution in [0.4, 0.5) is 5.69 Å². The Kier molecular flexibility index (Phi) is 3.69. The van der Waals surface area contributed by atoms with Crippen molar-refractivity contribution in [3.05, 3.63) is 30.6 Å². The van der Waals surface area contributed by atoms with Crippen molar-refractivity contribution in [3.8, 4) is 5.69 Å². The number of hydrogen-bond acceptors (Lipinski definition) is 5. The number of anilines is 1. The monoisotopic (exact) mass is 259 g/mol. The number of hydrogen-bond donors (Lipinski definition) is 1. The summed E-state index contributed by atoms with van der Waals surface area (Å²) >= 11 is 0. The van der Waals surface area contributed by atoms with Crippen molar-refractivity contribution in [1.82, 2.24) is 20.2 Å². The van der Waals surface area contributed by atoms with E-state index in [1.165, 1.54) is 0 Å². The summed E-state index contributed by atoms with van der Waals surface area (Å²) < 4.78 is 7.11. The first-order chi connectivity index (χ1) is 9.42. The van der Waals surface area contributed by atoms with E-state index in [-0.39, 0.29) is 0 Å². The summed E-state index contributed by atoms with van der Waals surface area (Å²) in [5.74, 6) is 0. The van der Waals surface area contributed by atoms with E-state index >= 15 is 0 Å². The highest BCUT2D eigenvalue weighted by molar-refractivity contribution is 5.48. The van der Waals surface area contributed by atoms with Crippen LogP contribution in [0, 0.1) is 0 Å². The van der Waals surface area contributed by atoms with Crippen LogP contribution >= 0.6 is 0 Å². The highest BCUT2D eigenvalue weighted by atomic mass is 16.5. The van der Waals surface area contributed by atoms with Crippen molar-refractivity contribution in [2.75, 3.05) is 18.5 Å². The van der Waals surface area contributed by atoms with Gasteiger partial charge < -0.3 is 10.1 Å². The average molecular weight is 259 g/mol. The van der Waals surface area contributed by atoms with Crippen molar-refractivity contribution >= 4 is 5.69 Å². The summed E-state index contributed by atoms with van der Waals surface area (Å²) in [5, 5.41) is 14.7. The smallest absolute Gasteiger partial charge is 0.143 e. The quantitative estimate of drug-likeness (QED) is 0.907. The molecule has 1 aliphatic heterocycles. The maximum Gasteiger partial charge on any atom is 0.143 e. The molecule has 6 nitrogen and oxygen atoms in total. The Hall–Kier alpha value is -1.95. The Morgan fingerprint density at radius 3 is 2.84 bits per heavy atom. The molecule has 1 aliphatic rings. The Morgan fingerprint density at radius 1 is 1.16 bits per heavy atom. The lowest BCUT2D eigenvalue weighted by molar-refractivity contribution is 0.144. The first kappa shape index (κ1) is 12.1. The van der Waals surface area contributed by atoms with Crippen molar-refractivity contribution in [2.45, 2.75) is 25.3 Å². The lowest BCUT2D eigenvalue weighted by atomic mass is 10.1. The number of aromatic nitrogens is 4. The van der Waals surface area contributed by atoms with Gasteiger partial charge in [-0.3, -0.25) is 0 Å². The normalized spacial score (nSPS) is 19.9. The topological polar surface area (TPSA) is 64.9 Å². The molecule has 2 aromatic rings. The molecule has 0 bridgehead atoms. The van der Waals surface area contributed by atoms with Gasteiger partial charge in [0.05, 0.1) is 5.69 Å². The van der Waals surface area contributed by atoms with E-state index < -0.39 is 0 Å². The predicted octanol–water partition coefficient (Wildman–Crippen LogP) is 1.64. The lowest BCUT2D eigenvalue weighted by Gasteiger charge is -2.17. The second-order valence-corrected chi connectivity index (χ2v) is 4.69. The van der Waals surface area contributed by atoms with Crippen molar-refractivity contribution in [2.24, 2.45) is 0 Å². The number of tetrazole rings is 1. The molecule has 0 aliphatic carbocycles. The summed E-state index contributed by atoms with van der Waals surface area (Å²) in [6.45, 7) is 1.73. The number of nitrogens with zero attached hydrogens (tertiary/aromatic N) is 4. The average Bonchev–Trinajstić information content (AvgIpc) is 2.86. The third-order valence-electron chi connectivity index (χ3n) is 3.30. The molecule has 19 heavy (non-hydrogen) atoms. The first-order valence-electron chi connectivity index (χ1n) is 6.59. The SMILES string of the molecule is c1cc(-n2cnnn2)ccc1NC1CCCOCC1. The molecule has 1 aromatic heterocycles. The second-order valence-electron chi connectivity index (χ2n) is 4.69. The Labute approximate surface area is 111 Å². The molecule has 1 unspecified atom stereocenters. The maximum absolute atomic E-state index is 5.46. The highest BCUT2D eigenvalue weighted by Crippen LogP contribution is 2.17. The maximum atomic E-state index is 5.46. The zero-order valence-electron chi connectivity index (χ0n) is 10.7. The Balaban J connectivity index is 1.65. The van der Waals surface area contributed by atoms with Gasteiger partial charge in [-0.15, -0.1) is 5.10 Å². The fraction of sp³-hybridized carbons (Fsp3) is 0.462. The Bertz CT molecular complexity index is 488. The summed E-state index contributed by atoms with van der Waals surface area (Å²) in [6, 6.07) is 8.63. The molecule has 0 saturated carbocycles. The highest BCUT2D eigenvalue weighted by Gasteiger charge is 2.11. The summed E-state index contributed by atoms with van der Waals surface area (Å²) in [5.41, 5.74) is 2.09. The minimum absolute atomic E-state index is 0.501. The van der Waals surface area contributed by atoms with Gasteiger partial charge in [0.2, 0.25) is 0 Å². The van der Waals surface area contributed by atoms with Crippen molar-refractivity contribution < 1.29 is 4.74 Å². The van der Waals surface area contributed by atoms with E-state index in [9.17, 15) is 0 Å². The van der Waals surface area contributed by atoms with Gasteiger partial charge in [0.25, 0.3) is 0 Å². The Morgan fingerprint density at radius 2 is 2.05 bits per heavy atom. The number of rotatable bonds is 3. The van der Waals surface area contributed by atoms with Crippen molar-refractivity contribution in [3.63, 3.8) is 0 Å². The largest absolute Gasteiger partial charge is 0.382 e.